The van der Waals surface area contributed by atoms with E-state index >= 15 is 0 Å². The van der Waals surface area contributed by atoms with Crippen LogP contribution in [-0.2, 0) is 11.2 Å². The van der Waals surface area contributed by atoms with E-state index < -0.39 is 0 Å². The SMILES string of the molecule is CCOC1CCCN(CC(N)CCc2ccccc2)C1. The van der Waals surface area contributed by atoms with Gasteiger partial charge in [-0.1, -0.05) is 30.3 Å². The van der Waals surface area contributed by atoms with Gasteiger partial charge in [-0.05, 0) is 44.7 Å². The summed E-state index contributed by atoms with van der Waals surface area (Å²) in [6.45, 7) is 6.11. The highest BCUT2D eigenvalue weighted by Crippen LogP contribution is 2.14. The van der Waals surface area contributed by atoms with Gasteiger partial charge in [0.15, 0.2) is 0 Å². The number of aryl methyl sites for hydroxylation is 1. The Morgan fingerprint density at radius 1 is 1.35 bits per heavy atom. The van der Waals surface area contributed by atoms with Crippen molar-refractivity contribution in [1.82, 2.24) is 4.90 Å². The molecule has 1 heterocycles. The maximum absolute atomic E-state index is 6.29. The van der Waals surface area contributed by atoms with Gasteiger partial charge >= 0.3 is 0 Å². The van der Waals surface area contributed by atoms with Gasteiger partial charge in [-0.2, -0.15) is 0 Å². The van der Waals surface area contributed by atoms with Crippen LogP contribution in [0.5, 0.6) is 0 Å². The number of nitrogens with zero attached hydrogens (tertiary/aromatic N) is 1. The first-order chi connectivity index (χ1) is 9.78. The zero-order valence-corrected chi connectivity index (χ0v) is 12.6. The van der Waals surface area contributed by atoms with E-state index in [4.69, 9.17) is 10.5 Å². The van der Waals surface area contributed by atoms with Gasteiger partial charge in [-0.25, -0.2) is 0 Å². The lowest BCUT2D eigenvalue weighted by Crippen LogP contribution is -2.45. The molecule has 1 aromatic rings. The normalized spacial score (nSPS) is 21.8. The number of nitrogens with two attached hydrogens (primary N) is 1. The van der Waals surface area contributed by atoms with Crippen molar-refractivity contribution in [1.29, 1.82) is 0 Å². The molecule has 0 aromatic heterocycles. The Labute approximate surface area is 123 Å². The van der Waals surface area contributed by atoms with Crippen molar-refractivity contribution in [3.05, 3.63) is 35.9 Å². The lowest BCUT2D eigenvalue weighted by molar-refractivity contribution is 0.00438. The molecule has 20 heavy (non-hydrogen) atoms. The lowest BCUT2D eigenvalue weighted by Gasteiger charge is -2.34. The number of piperidine rings is 1. The molecule has 0 saturated carbocycles. The van der Waals surface area contributed by atoms with E-state index in [9.17, 15) is 0 Å². The maximum Gasteiger partial charge on any atom is 0.0702 e. The third-order valence-electron chi connectivity index (χ3n) is 4.00. The summed E-state index contributed by atoms with van der Waals surface area (Å²) in [5.74, 6) is 0. The molecule has 0 bridgehead atoms. The highest BCUT2D eigenvalue weighted by molar-refractivity contribution is 5.14. The fraction of sp³-hybridized carbons (Fsp3) is 0.647. The summed E-state index contributed by atoms with van der Waals surface area (Å²) in [5.41, 5.74) is 7.67. The van der Waals surface area contributed by atoms with Crippen molar-refractivity contribution in [2.24, 2.45) is 5.73 Å². The van der Waals surface area contributed by atoms with Crippen LogP contribution in [0.4, 0.5) is 0 Å². The predicted molar refractivity (Wildman–Crippen MR) is 83.8 cm³/mol. The lowest BCUT2D eigenvalue weighted by atomic mass is 10.0. The molecule has 1 aliphatic heterocycles. The van der Waals surface area contributed by atoms with Crippen LogP contribution >= 0.6 is 0 Å². The van der Waals surface area contributed by atoms with Crippen molar-refractivity contribution in [2.45, 2.75) is 44.8 Å². The van der Waals surface area contributed by atoms with Crippen molar-refractivity contribution < 1.29 is 4.74 Å². The van der Waals surface area contributed by atoms with Crippen LogP contribution in [0, 0.1) is 0 Å². The Morgan fingerprint density at radius 2 is 2.15 bits per heavy atom. The summed E-state index contributed by atoms with van der Waals surface area (Å²) in [5, 5.41) is 0. The van der Waals surface area contributed by atoms with Gasteiger partial charge in [-0.3, -0.25) is 4.90 Å². The number of benzene rings is 1. The van der Waals surface area contributed by atoms with Gasteiger partial charge in [0, 0.05) is 25.7 Å². The van der Waals surface area contributed by atoms with Crippen LogP contribution < -0.4 is 5.73 Å². The molecule has 3 nitrogen and oxygen atoms in total. The zero-order valence-electron chi connectivity index (χ0n) is 12.6. The number of hydrogen-bond acceptors (Lipinski definition) is 3. The molecule has 0 amide bonds. The summed E-state index contributed by atoms with van der Waals surface area (Å²) < 4.78 is 5.74. The molecule has 1 saturated heterocycles. The molecule has 1 aliphatic rings. The molecule has 2 unspecified atom stereocenters. The monoisotopic (exact) mass is 276 g/mol. The molecule has 3 heteroatoms. The Morgan fingerprint density at radius 3 is 2.90 bits per heavy atom. The van der Waals surface area contributed by atoms with E-state index in [0.29, 0.717) is 6.10 Å². The first kappa shape index (κ1) is 15.5. The zero-order chi connectivity index (χ0) is 14.2. The highest BCUT2D eigenvalue weighted by atomic mass is 16.5. The van der Waals surface area contributed by atoms with Gasteiger partial charge in [-0.15, -0.1) is 0 Å². The summed E-state index contributed by atoms with van der Waals surface area (Å²) in [6, 6.07) is 10.9. The van der Waals surface area contributed by atoms with E-state index in [1.165, 1.54) is 24.9 Å². The van der Waals surface area contributed by atoms with Gasteiger partial charge in [0.2, 0.25) is 0 Å². The van der Waals surface area contributed by atoms with Gasteiger partial charge in [0.1, 0.15) is 0 Å². The minimum absolute atomic E-state index is 0.260. The number of rotatable bonds is 7. The second-order valence-electron chi connectivity index (χ2n) is 5.76. The molecule has 2 rings (SSSR count). The maximum atomic E-state index is 6.29. The standard InChI is InChI=1S/C17H28N2O/c1-2-20-17-9-6-12-19(14-17)13-16(18)11-10-15-7-4-3-5-8-15/h3-5,7-8,16-17H,2,6,9-14,18H2,1H3. The van der Waals surface area contributed by atoms with E-state index in [2.05, 4.69) is 42.2 Å². The molecular formula is C17H28N2O. The van der Waals surface area contributed by atoms with Crippen molar-refractivity contribution in [2.75, 3.05) is 26.2 Å². The van der Waals surface area contributed by atoms with E-state index in [1.54, 1.807) is 0 Å². The first-order valence-corrected chi connectivity index (χ1v) is 7.91. The predicted octanol–water partition coefficient (Wildman–Crippen LogP) is 2.45. The van der Waals surface area contributed by atoms with E-state index in [1.807, 2.05) is 0 Å². The smallest absolute Gasteiger partial charge is 0.0702 e. The molecule has 0 aliphatic carbocycles. The van der Waals surface area contributed by atoms with Gasteiger partial charge in [0.05, 0.1) is 6.10 Å². The Balaban J connectivity index is 1.69. The van der Waals surface area contributed by atoms with E-state index in [0.717, 1.165) is 32.5 Å². The average Bonchev–Trinajstić information content (AvgIpc) is 2.47. The first-order valence-electron chi connectivity index (χ1n) is 7.91. The number of likely N-dealkylation sites (tertiary alicyclic amines) is 1. The molecule has 0 spiro atoms. The van der Waals surface area contributed by atoms with E-state index in [-0.39, 0.29) is 6.04 Å². The second-order valence-corrected chi connectivity index (χ2v) is 5.76. The molecular weight excluding hydrogens is 248 g/mol. The minimum Gasteiger partial charge on any atom is -0.377 e. The van der Waals surface area contributed by atoms with Crippen molar-refractivity contribution in [3.63, 3.8) is 0 Å². The Bertz CT molecular complexity index is 367. The summed E-state index contributed by atoms with van der Waals surface area (Å²) in [4.78, 5) is 2.47. The molecule has 0 radical (unpaired) electrons. The minimum atomic E-state index is 0.260. The summed E-state index contributed by atoms with van der Waals surface area (Å²) in [6.07, 6.45) is 4.97. The fourth-order valence-electron chi connectivity index (χ4n) is 2.97. The van der Waals surface area contributed by atoms with Crippen LogP contribution in [-0.4, -0.2) is 43.3 Å². The van der Waals surface area contributed by atoms with Gasteiger partial charge < -0.3 is 10.5 Å². The molecule has 112 valence electrons. The number of ether oxygens (including phenoxy) is 1. The average molecular weight is 276 g/mol. The number of hydrogen-bond donors (Lipinski definition) is 1. The molecule has 1 aromatic carbocycles. The molecule has 2 N–H and O–H groups in total. The molecule has 1 fully saturated rings. The van der Waals surface area contributed by atoms with Crippen LogP contribution in [0.3, 0.4) is 0 Å². The third kappa shape index (κ3) is 5.23. The van der Waals surface area contributed by atoms with Crippen LogP contribution in [0.2, 0.25) is 0 Å². The van der Waals surface area contributed by atoms with Crippen LogP contribution in [0.25, 0.3) is 0 Å². The van der Waals surface area contributed by atoms with Crippen LogP contribution in [0.1, 0.15) is 31.7 Å². The fourth-order valence-corrected chi connectivity index (χ4v) is 2.97. The Kier molecular flexibility index (Phi) is 6.51. The second kappa shape index (κ2) is 8.40. The van der Waals surface area contributed by atoms with Crippen molar-refractivity contribution >= 4 is 0 Å². The summed E-state index contributed by atoms with van der Waals surface area (Å²) >= 11 is 0. The third-order valence-corrected chi connectivity index (χ3v) is 4.00. The largest absolute Gasteiger partial charge is 0.377 e. The molecule has 2 atom stereocenters. The highest BCUT2D eigenvalue weighted by Gasteiger charge is 2.21. The van der Waals surface area contributed by atoms with Gasteiger partial charge in [0.25, 0.3) is 0 Å². The Hall–Kier alpha value is -0.900. The summed E-state index contributed by atoms with van der Waals surface area (Å²) in [7, 11) is 0. The van der Waals surface area contributed by atoms with Crippen LogP contribution in [0.15, 0.2) is 30.3 Å². The quantitative estimate of drug-likeness (QED) is 0.831. The topological polar surface area (TPSA) is 38.5 Å². The van der Waals surface area contributed by atoms with Crippen molar-refractivity contribution in [3.8, 4) is 0 Å².